The summed E-state index contributed by atoms with van der Waals surface area (Å²) in [6, 6.07) is 12.4. The van der Waals surface area contributed by atoms with E-state index in [1.807, 2.05) is 19.1 Å². The maximum absolute atomic E-state index is 9.68. The van der Waals surface area contributed by atoms with E-state index in [9.17, 15) is 5.11 Å². The van der Waals surface area contributed by atoms with Gasteiger partial charge in [-0.05, 0) is 61.1 Å². The Balaban J connectivity index is 2.25. The number of hydrogen-bond acceptors (Lipinski definition) is 1. The Kier molecular flexibility index (Phi) is 3.19. The maximum atomic E-state index is 9.68. The first kappa shape index (κ1) is 11.7. The first-order valence-electron chi connectivity index (χ1n) is 5.91. The lowest BCUT2D eigenvalue weighted by Crippen LogP contribution is -1.91. The molecule has 0 spiro atoms. The lowest BCUT2D eigenvalue weighted by Gasteiger charge is -2.07. The zero-order chi connectivity index (χ0) is 12.4. The molecule has 0 fully saturated rings. The summed E-state index contributed by atoms with van der Waals surface area (Å²) in [5.74, 6) is 0.381. The highest BCUT2D eigenvalue weighted by atomic mass is 16.3. The van der Waals surface area contributed by atoms with Crippen LogP contribution in [0.2, 0.25) is 0 Å². The van der Waals surface area contributed by atoms with Crippen LogP contribution in [0.3, 0.4) is 0 Å². The molecule has 0 saturated carbocycles. The summed E-state index contributed by atoms with van der Waals surface area (Å²) < 4.78 is 0. The van der Waals surface area contributed by atoms with Crippen molar-refractivity contribution in [1.82, 2.24) is 0 Å². The third-order valence-corrected chi connectivity index (χ3v) is 3.25. The van der Waals surface area contributed by atoms with Gasteiger partial charge >= 0.3 is 0 Å². The van der Waals surface area contributed by atoms with E-state index in [0.29, 0.717) is 5.75 Å². The Bertz CT molecular complexity index is 492. The molecular weight excluding hydrogens is 208 g/mol. The molecule has 0 aromatic heterocycles. The molecule has 1 heteroatoms. The zero-order valence-electron chi connectivity index (χ0n) is 10.6. The summed E-state index contributed by atoms with van der Waals surface area (Å²) in [4.78, 5) is 0. The minimum Gasteiger partial charge on any atom is -0.508 e. The monoisotopic (exact) mass is 226 g/mol. The van der Waals surface area contributed by atoms with Crippen LogP contribution >= 0.6 is 0 Å². The summed E-state index contributed by atoms with van der Waals surface area (Å²) in [6.07, 6.45) is 0.870. The predicted octanol–water partition coefficient (Wildman–Crippen LogP) is 3.91. The first-order chi connectivity index (χ1) is 8.06. The van der Waals surface area contributed by atoms with Gasteiger partial charge in [-0.1, -0.05) is 30.3 Å². The molecule has 0 unspecified atom stereocenters. The number of hydrogen-bond donors (Lipinski definition) is 1. The smallest absolute Gasteiger partial charge is 0.118 e. The fourth-order valence-electron chi connectivity index (χ4n) is 1.91. The molecule has 0 radical (unpaired) electrons. The highest BCUT2D eigenvalue weighted by molar-refractivity contribution is 5.39. The highest BCUT2D eigenvalue weighted by Gasteiger charge is 2.01. The molecular formula is C16H18O. The molecule has 0 aliphatic rings. The van der Waals surface area contributed by atoms with Crippen LogP contribution in [0.25, 0.3) is 0 Å². The second-order valence-electron chi connectivity index (χ2n) is 4.72. The van der Waals surface area contributed by atoms with Gasteiger partial charge in [0, 0.05) is 0 Å². The van der Waals surface area contributed by atoms with Crippen LogP contribution < -0.4 is 0 Å². The molecule has 0 heterocycles. The SMILES string of the molecule is Cc1ccc(Cc2ccc(C)c(O)c2)cc1C. The Morgan fingerprint density at radius 2 is 1.35 bits per heavy atom. The highest BCUT2D eigenvalue weighted by Crippen LogP contribution is 2.20. The van der Waals surface area contributed by atoms with Gasteiger partial charge in [0.05, 0.1) is 0 Å². The quantitative estimate of drug-likeness (QED) is 0.823. The van der Waals surface area contributed by atoms with Crippen molar-refractivity contribution in [3.63, 3.8) is 0 Å². The number of aryl methyl sites for hydroxylation is 3. The Hall–Kier alpha value is -1.76. The van der Waals surface area contributed by atoms with E-state index in [1.54, 1.807) is 0 Å². The van der Waals surface area contributed by atoms with Gasteiger partial charge in [-0.25, -0.2) is 0 Å². The zero-order valence-corrected chi connectivity index (χ0v) is 10.6. The molecule has 2 aromatic rings. The minimum absolute atomic E-state index is 0.381. The number of benzene rings is 2. The number of aromatic hydroxyl groups is 1. The molecule has 0 atom stereocenters. The predicted molar refractivity (Wildman–Crippen MR) is 71.6 cm³/mol. The third kappa shape index (κ3) is 2.68. The molecule has 1 nitrogen and oxygen atoms in total. The molecule has 88 valence electrons. The van der Waals surface area contributed by atoms with Crippen LogP contribution in [-0.4, -0.2) is 5.11 Å². The van der Waals surface area contributed by atoms with E-state index >= 15 is 0 Å². The number of phenolic OH excluding ortho intramolecular Hbond substituents is 1. The third-order valence-electron chi connectivity index (χ3n) is 3.25. The van der Waals surface area contributed by atoms with E-state index in [4.69, 9.17) is 0 Å². The van der Waals surface area contributed by atoms with Crippen molar-refractivity contribution in [3.05, 3.63) is 64.2 Å². The molecule has 0 saturated heterocycles. The van der Waals surface area contributed by atoms with Crippen LogP contribution in [0, 0.1) is 20.8 Å². The fourth-order valence-corrected chi connectivity index (χ4v) is 1.91. The van der Waals surface area contributed by atoms with E-state index in [0.717, 1.165) is 17.5 Å². The summed E-state index contributed by atoms with van der Waals surface area (Å²) in [5.41, 5.74) is 6.00. The van der Waals surface area contributed by atoms with E-state index in [1.165, 1.54) is 16.7 Å². The van der Waals surface area contributed by atoms with Crippen molar-refractivity contribution < 1.29 is 5.11 Å². The standard InChI is InChI=1S/C16H18O/c1-11-4-6-14(8-13(11)3)9-15-7-5-12(2)16(17)10-15/h4-8,10,17H,9H2,1-3H3. The number of rotatable bonds is 2. The van der Waals surface area contributed by atoms with Gasteiger partial charge in [0.2, 0.25) is 0 Å². The minimum atomic E-state index is 0.381. The van der Waals surface area contributed by atoms with Crippen molar-refractivity contribution in [2.24, 2.45) is 0 Å². The van der Waals surface area contributed by atoms with Crippen molar-refractivity contribution in [2.45, 2.75) is 27.2 Å². The molecule has 0 bridgehead atoms. The van der Waals surface area contributed by atoms with Gasteiger partial charge in [-0.3, -0.25) is 0 Å². The van der Waals surface area contributed by atoms with Crippen molar-refractivity contribution in [2.75, 3.05) is 0 Å². The average Bonchev–Trinajstić information content (AvgIpc) is 2.29. The van der Waals surface area contributed by atoms with E-state index in [-0.39, 0.29) is 0 Å². The van der Waals surface area contributed by atoms with Gasteiger partial charge in [0.15, 0.2) is 0 Å². The van der Waals surface area contributed by atoms with Crippen LogP contribution in [0.15, 0.2) is 36.4 Å². The van der Waals surface area contributed by atoms with E-state index < -0.39 is 0 Å². The largest absolute Gasteiger partial charge is 0.508 e. The first-order valence-corrected chi connectivity index (χ1v) is 5.91. The molecule has 0 aliphatic carbocycles. The summed E-state index contributed by atoms with van der Waals surface area (Å²) in [5, 5.41) is 9.68. The Morgan fingerprint density at radius 1 is 0.765 bits per heavy atom. The lowest BCUT2D eigenvalue weighted by molar-refractivity contribution is 0.470. The lowest BCUT2D eigenvalue weighted by atomic mass is 10.00. The second kappa shape index (κ2) is 4.62. The van der Waals surface area contributed by atoms with Gasteiger partial charge < -0.3 is 5.11 Å². The fraction of sp³-hybridized carbons (Fsp3) is 0.250. The average molecular weight is 226 g/mol. The topological polar surface area (TPSA) is 20.2 Å². The van der Waals surface area contributed by atoms with Gasteiger partial charge in [-0.15, -0.1) is 0 Å². The molecule has 0 aliphatic heterocycles. The number of phenols is 1. The van der Waals surface area contributed by atoms with Crippen LogP contribution in [-0.2, 0) is 6.42 Å². The van der Waals surface area contributed by atoms with Crippen LogP contribution in [0.4, 0.5) is 0 Å². The summed E-state index contributed by atoms with van der Waals surface area (Å²) in [6.45, 7) is 6.16. The molecule has 0 amide bonds. The van der Waals surface area contributed by atoms with Gasteiger partial charge in [0.25, 0.3) is 0 Å². The van der Waals surface area contributed by atoms with Crippen LogP contribution in [0.1, 0.15) is 27.8 Å². The van der Waals surface area contributed by atoms with Crippen molar-refractivity contribution >= 4 is 0 Å². The van der Waals surface area contributed by atoms with Crippen molar-refractivity contribution in [1.29, 1.82) is 0 Å². The molecule has 2 rings (SSSR count). The Morgan fingerprint density at radius 3 is 1.94 bits per heavy atom. The summed E-state index contributed by atoms with van der Waals surface area (Å²) >= 11 is 0. The summed E-state index contributed by atoms with van der Waals surface area (Å²) in [7, 11) is 0. The maximum Gasteiger partial charge on any atom is 0.118 e. The van der Waals surface area contributed by atoms with Gasteiger partial charge in [-0.2, -0.15) is 0 Å². The Labute approximate surface area is 103 Å². The van der Waals surface area contributed by atoms with Crippen LogP contribution in [0.5, 0.6) is 5.75 Å². The molecule has 1 N–H and O–H groups in total. The van der Waals surface area contributed by atoms with Gasteiger partial charge in [0.1, 0.15) is 5.75 Å². The molecule has 17 heavy (non-hydrogen) atoms. The van der Waals surface area contributed by atoms with Crippen molar-refractivity contribution in [3.8, 4) is 5.75 Å². The molecule has 2 aromatic carbocycles. The normalized spacial score (nSPS) is 10.5. The second-order valence-corrected chi connectivity index (χ2v) is 4.72. The van der Waals surface area contributed by atoms with E-state index in [2.05, 4.69) is 38.1 Å².